The summed E-state index contributed by atoms with van der Waals surface area (Å²) in [6.07, 6.45) is 5.35. The standard InChI is InChI=1S/C16H25N5O/c1-4-15-20-21-16(22-15)8-12-5-6-13(7-12)17-9-14-10(2)18-19-11(14)3/h12-13,17H,4-9H2,1-3H3,(H,18,19)/t12-,13+/m1/s1. The Labute approximate surface area is 131 Å². The number of nitrogens with zero attached hydrogens (tertiary/aromatic N) is 3. The van der Waals surface area contributed by atoms with Crippen LogP contribution in [-0.4, -0.2) is 26.4 Å². The molecule has 0 amide bonds. The summed E-state index contributed by atoms with van der Waals surface area (Å²) in [5.41, 5.74) is 3.56. The van der Waals surface area contributed by atoms with E-state index >= 15 is 0 Å². The molecule has 1 fully saturated rings. The van der Waals surface area contributed by atoms with Gasteiger partial charge in [-0.25, -0.2) is 0 Å². The predicted molar refractivity (Wildman–Crippen MR) is 83.4 cm³/mol. The molecular weight excluding hydrogens is 278 g/mol. The third-order valence-corrected chi connectivity index (χ3v) is 4.66. The largest absolute Gasteiger partial charge is 0.425 e. The summed E-state index contributed by atoms with van der Waals surface area (Å²) < 4.78 is 5.63. The van der Waals surface area contributed by atoms with Crippen molar-refractivity contribution in [1.82, 2.24) is 25.7 Å². The van der Waals surface area contributed by atoms with Gasteiger partial charge in [-0.2, -0.15) is 5.10 Å². The van der Waals surface area contributed by atoms with Crippen molar-refractivity contribution in [3.8, 4) is 0 Å². The van der Waals surface area contributed by atoms with E-state index in [-0.39, 0.29) is 0 Å². The molecule has 22 heavy (non-hydrogen) atoms. The third-order valence-electron chi connectivity index (χ3n) is 4.66. The molecular formula is C16H25N5O. The number of rotatable bonds is 6. The summed E-state index contributed by atoms with van der Waals surface area (Å²) in [6, 6.07) is 0.576. The van der Waals surface area contributed by atoms with Crippen molar-refractivity contribution in [2.75, 3.05) is 0 Å². The quantitative estimate of drug-likeness (QED) is 0.857. The van der Waals surface area contributed by atoms with E-state index in [4.69, 9.17) is 4.42 Å². The number of aromatic amines is 1. The fourth-order valence-electron chi connectivity index (χ4n) is 3.29. The zero-order valence-corrected chi connectivity index (χ0v) is 13.6. The van der Waals surface area contributed by atoms with Crippen LogP contribution in [-0.2, 0) is 19.4 Å². The minimum absolute atomic E-state index is 0.576. The van der Waals surface area contributed by atoms with Gasteiger partial charge in [0.15, 0.2) is 0 Å². The molecule has 2 heterocycles. The fraction of sp³-hybridized carbons (Fsp3) is 0.688. The fourth-order valence-corrected chi connectivity index (χ4v) is 3.29. The molecule has 0 aliphatic heterocycles. The van der Waals surface area contributed by atoms with Crippen LogP contribution in [0, 0.1) is 19.8 Å². The zero-order valence-electron chi connectivity index (χ0n) is 13.6. The topological polar surface area (TPSA) is 79.6 Å². The molecule has 2 N–H and O–H groups in total. The molecule has 2 aromatic rings. The molecule has 6 nitrogen and oxygen atoms in total. The second-order valence-electron chi connectivity index (χ2n) is 6.32. The molecule has 0 radical (unpaired) electrons. The first-order valence-corrected chi connectivity index (χ1v) is 8.20. The Morgan fingerprint density at radius 2 is 2.05 bits per heavy atom. The summed E-state index contributed by atoms with van der Waals surface area (Å²) in [4.78, 5) is 0. The van der Waals surface area contributed by atoms with Crippen molar-refractivity contribution in [3.63, 3.8) is 0 Å². The van der Waals surface area contributed by atoms with E-state index < -0.39 is 0 Å². The lowest BCUT2D eigenvalue weighted by Gasteiger charge is -2.13. The first kappa shape index (κ1) is 15.2. The summed E-state index contributed by atoms with van der Waals surface area (Å²) in [6.45, 7) is 7.06. The monoisotopic (exact) mass is 303 g/mol. The molecule has 0 unspecified atom stereocenters. The highest BCUT2D eigenvalue weighted by atomic mass is 16.4. The molecule has 120 valence electrons. The summed E-state index contributed by atoms with van der Waals surface area (Å²) >= 11 is 0. The van der Waals surface area contributed by atoms with Gasteiger partial charge in [0, 0.05) is 36.7 Å². The molecule has 0 saturated heterocycles. The molecule has 3 rings (SSSR count). The molecule has 1 saturated carbocycles. The zero-order chi connectivity index (χ0) is 15.5. The van der Waals surface area contributed by atoms with Crippen LogP contribution in [0.3, 0.4) is 0 Å². The van der Waals surface area contributed by atoms with Gasteiger partial charge < -0.3 is 9.73 Å². The van der Waals surface area contributed by atoms with E-state index in [1.54, 1.807) is 0 Å². The number of H-pyrrole nitrogens is 1. The van der Waals surface area contributed by atoms with E-state index in [0.29, 0.717) is 12.0 Å². The van der Waals surface area contributed by atoms with Gasteiger partial charge in [-0.3, -0.25) is 5.10 Å². The highest BCUT2D eigenvalue weighted by molar-refractivity contribution is 5.22. The maximum atomic E-state index is 5.63. The van der Waals surface area contributed by atoms with Crippen molar-refractivity contribution in [2.24, 2.45) is 5.92 Å². The SMILES string of the molecule is CCc1nnc(C[C@@H]2CC[C@H](NCc3c(C)n[nH]c3C)C2)o1. The van der Waals surface area contributed by atoms with Crippen LogP contribution < -0.4 is 5.32 Å². The van der Waals surface area contributed by atoms with Gasteiger partial charge in [0.25, 0.3) is 0 Å². The lowest BCUT2D eigenvalue weighted by molar-refractivity contribution is 0.402. The Balaban J connectivity index is 1.48. The number of aromatic nitrogens is 4. The van der Waals surface area contributed by atoms with Gasteiger partial charge in [-0.1, -0.05) is 6.92 Å². The highest BCUT2D eigenvalue weighted by Gasteiger charge is 2.26. The van der Waals surface area contributed by atoms with E-state index in [1.165, 1.54) is 24.8 Å². The average Bonchev–Trinajstić information content (AvgIpc) is 3.21. The molecule has 0 bridgehead atoms. The van der Waals surface area contributed by atoms with Crippen LogP contribution in [0.5, 0.6) is 0 Å². The number of hydrogen-bond acceptors (Lipinski definition) is 5. The highest BCUT2D eigenvalue weighted by Crippen LogP contribution is 2.28. The van der Waals surface area contributed by atoms with E-state index in [2.05, 4.69) is 39.6 Å². The Kier molecular flexibility index (Phi) is 4.57. The van der Waals surface area contributed by atoms with E-state index in [9.17, 15) is 0 Å². The van der Waals surface area contributed by atoms with Crippen molar-refractivity contribution in [2.45, 2.75) is 65.5 Å². The van der Waals surface area contributed by atoms with Gasteiger partial charge >= 0.3 is 0 Å². The Bertz CT molecular complexity index is 598. The Morgan fingerprint density at radius 1 is 1.23 bits per heavy atom. The van der Waals surface area contributed by atoms with Crippen molar-refractivity contribution in [1.29, 1.82) is 0 Å². The summed E-state index contributed by atoms with van der Waals surface area (Å²) in [5.74, 6) is 2.19. The van der Waals surface area contributed by atoms with Crippen molar-refractivity contribution < 1.29 is 4.42 Å². The molecule has 6 heteroatoms. The van der Waals surface area contributed by atoms with E-state index in [1.807, 2.05) is 6.92 Å². The number of nitrogens with one attached hydrogen (secondary N) is 2. The van der Waals surface area contributed by atoms with Crippen LogP contribution in [0.1, 0.15) is 54.9 Å². The van der Waals surface area contributed by atoms with Gasteiger partial charge in [-0.05, 0) is 39.0 Å². The second-order valence-corrected chi connectivity index (χ2v) is 6.32. The average molecular weight is 303 g/mol. The van der Waals surface area contributed by atoms with Gasteiger partial charge in [0.2, 0.25) is 11.8 Å². The van der Waals surface area contributed by atoms with Crippen LogP contribution in [0.2, 0.25) is 0 Å². The van der Waals surface area contributed by atoms with Crippen LogP contribution in [0.15, 0.2) is 4.42 Å². The van der Waals surface area contributed by atoms with Gasteiger partial charge in [0.1, 0.15) is 0 Å². The first-order chi connectivity index (χ1) is 10.7. The Morgan fingerprint density at radius 3 is 2.73 bits per heavy atom. The lowest BCUT2D eigenvalue weighted by atomic mass is 10.0. The Hall–Kier alpha value is -1.69. The summed E-state index contributed by atoms with van der Waals surface area (Å²) in [7, 11) is 0. The minimum Gasteiger partial charge on any atom is -0.425 e. The van der Waals surface area contributed by atoms with Crippen LogP contribution >= 0.6 is 0 Å². The first-order valence-electron chi connectivity index (χ1n) is 8.20. The second kappa shape index (κ2) is 6.60. The molecule has 1 aliphatic rings. The van der Waals surface area contributed by atoms with E-state index in [0.717, 1.165) is 42.6 Å². The molecule has 1 aliphatic carbocycles. The van der Waals surface area contributed by atoms with Gasteiger partial charge in [0.05, 0.1) is 5.69 Å². The smallest absolute Gasteiger partial charge is 0.216 e. The molecule has 2 atom stereocenters. The minimum atomic E-state index is 0.576. The normalized spacial score (nSPS) is 21.6. The van der Waals surface area contributed by atoms with Crippen molar-refractivity contribution in [3.05, 3.63) is 28.7 Å². The van der Waals surface area contributed by atoms with Gasteiger partial charge in [-0.15, -0.1) is 10.2 Å². The lowest BCUT2D eigenvalue weighted by Crippen LogP contribution is -2.26. The maximum Gasteiger partial charge on any atom is 0.216 e. The molecule has 2 aromatic heterocycles. The predicted octanol–water partition coefficient (Wildman–Crippen LogP) is 2.47. The maximum absolute atomic E-state index is 5.63. The number of hydrogen-bond donors (Lipinski definition) is 2. The third kappa shape index (κ3) is 3.38. The van der Waals surface area contributed by atoms with Crippen LogP contribution in [0.4, 0.5) is 0 Å². The summed E-state index contributed by atoms with van der Waals surface area (Å²) in [5, 5.41) is 19.1. The van der Waals surface area contributed by atoms with Crippen LogP contribution in [0.25, 0.3) is 0 Å². The molecule has 0 aromatic carbocycles. The van der Waals surface area contributed by atoms with Crippen molar-refractivity contribution >= 4 is 0 Å². The number of aryl methyl sites for hydroxylation is 3. The molecule has 0 spiro atoms.